The van der Waals surface area contributed by atoms with Gasteiger partial charge in [-0.15, -0.1) is 5.10 Å². The summed E-state index contributed by atoms with van der Waals surface area (Å²) in [6.07, 6.45) is 0. The monoisotopic (exact) mass is 531 g/mol. The van der Waals surface area contributed by atoms with Crippen LogP contribution in [0.1, 0.15) is 45.7 Å². The number of amides is 1. The molecule has 7 nitrogen and oxygen atoms in total. The zero-order valence-electron chi connectivity index (χ0n) is 20.2. The third kappa shape index (κ3) is 7.21. The van der Waals surface area contributed by atoms with Gasteiger partial charge in [-0.3, -0.25) is 4.79 Å². The molecule has 0 aliphatic rings. The standard InChI is InChI=1S/C25H27Cl2N5O2S/c1-24(2,3)17-7-9-21(19(27)13-17)32-23(29-30-31-32)35-14-22(34)28-20-8-6-16(12-18(20)26)10-11-25(4,5)15-33/h6-9,12-13,33H,14-15H2,1-5H3,(H,28,34). The second-order valence-electron chi connectivity index (χ2n) is 9.61. The summed E-state index contributed by atoms with van der Waals surface area (Å²) in [5.74, 6) is 5.80. The summed E-state index contributed by atoms with van der Waals surface area (Å²) in [6.45, 7) is 9.98. The first-order valence-corrected chi connectivity index (χ1v) is 12.6. The molecule has 0 aliphatic carbocycles. The highest BCUT2D eigenvalue weighted by atomic mass is 35.5. The number of anilines is 1. The quantitative estimate of drug-likeness (QED) is 0.328. The minimum Gasteiger partial charge on any atom is -0.395 e. The number of hydrogen-bond donors (Lipinski definition) is 2. The van der Waals surface area contributed by atoms with Gasteiger partial charge in [0, 0.05) is 11.0 Å². The molecule has 0 radical (unpaired) electrons. The van der Waals surface area contributed by atoms with E-state index in [1.54, 1.807) is 18.2 Å². The summed E-state index contributed by atoms with van der Waals surface area (Å²) in [7, 11) is 0. The molecule has 3 rings (SSSR count). The highest BCUT2D eigenvalue weighted by Gasteiger charge is 2.19. The average Bonchev–Trinajstić information content (AvgIpc) is 3.25. The lowest BCUT2D eigenvalue weighted by atomic mass is 9.87. The van der Waals surface area contributed by atoms with Gasteiger partial charge in [0.05, 0.1) is 33.8 Å². The molecule has 0 fully saturated rings. The van der Waals surface area contributed by atoms with E-state index in [4.69, 9.17) is 23.2 Å². The van der Waals surface area contributed by atoms with Gasteiger partial charge < -0.3 is 10.4 Å². The molecule has 3 aromatic rings. The van der Waals surface area contributed by atoms with Gasteiger partial charge in [0.25, 0.3) is 0 Å². The van der Waals surface area contributed by atoms with Gasteiger partial charge in [0.1, 0.15) is 0 Å². The molecular weight excluding hydrogens is 505 g/mol. The van der Waals surface area contributed by atoms with E-state index in [0.717, 1.165) is 5.56 Å². The van der Waals surface area contributed by atoms with Crippen molar-refractivity contribution >= 4 is 46.6 Å². The molecule has 2 N–H and O–H groups in total. The molecule has 1 amide bonds. The van der Waals surface area contributed by atoms with Gasteiger partial charge in [-0.1, -0.05) is 73.6 Å². The number of nitrogens with zero attached hydrogens (tertiary/aromatic N) is 4. The van der Waals surface area contributed by atoms with Crippen LogP contribution in [0.5, 0.6) is 0 Å². The lowest BCUT2D eigenvalue weighted by molar-refractivity contribution is -0.113. The number of tetrazole rings is 1. The van der Waals surface area contributed by atoms with Gasteiger partial charge in [-0.05, 0) is 65.6 Å². The van der Waals surface area contributed by atoms with Gasteiger partial charge in [-0.2, -0.15) is 4.68 Å². The molecule has 2 aromatic carbocycles. The molecule has 1 aromatic heterocycles. The van der Waals surface area contributed by atoms with Crippen LogP contribution in [-0.4, -0.2) is 43.6 Å². The number of aromatic nitrogens is 4. The maximum absolute atomic E-state index is 12.6. The summed E-state index contributed by atoms with van der Waals surface area (Å²) in [4.78, 5) is 12.6. The van der Waals surface area contributed by atoms with Crippen molar-refractivity contribution in [3.8, 4) is 17.5 Å². The Morgan fingerprint density at radius 1 is 1.11 bits per heavy atom. The third-order valence-electron chi connectivity index (χ3n) is 5.00. The molecule has 0 unspecified atom stereocenters. The van der Waals surface area contributed by atoms with E-state index in [1.807, 2.05) is 32.0 Å². The molecule has 35 heavy (non-hydrogen) atoms. The van der Waals surface area contributed by atoms with Crippen molar-refractivity contribution < 1.29 is 9.90 Å². The number of halogens is 2. The van der Waals surface area contributed by atoms with Crippen LogP contribution in [0.2, 0.25) is 10.0 Å². The fourth-order valence-corrected chi connectivity index (χ4v) is 4.03. The summed E-state index contributed by atoms with van der Waals surface area (Å²) >= 11 is 14.0. The van der Waals surface area contributed by atoms with E-state index in [2.05, 4.69) is 53.5 Å². The van der Waals surface area contributed by atoms with E-state index in [1.165, 1.54) is 16.4 Å². The molecule has 0 aliphatic heterocycles. The minimum atomic E-state index is -0.509. The Kier molecular flexibility index (Phi) is 8.50. The van der Waals surface area contributed by atoms with E-state index >= 15 is 0 Å². The third-order valence-corrected chi connectivity index (χ3v) is 6.53. The van der Waals surface area contributed by atoms with Crippen LogP contribution >= 0.6 is 35.0 Å². The fraction of sp³-hybridized carbons (Fsp3) is 0.360. The molecule has 0 saturated carbocycles. The molecular formula is C25H27Cl2N5O2S. The van der Waals surface area contributed by atoms with E-state index < -0.39 is 5.41 Å². The number of hydrogen-bond acceptors (Lipinski definition) is 6. The topological polar surface area (TPSA) is 92.9 Å². The Hall–Kier alpha value is -2.57. The first-order valence-electron chi connectivity index (χ1n) is 10.8. The average molecular weight is 532 g/mol. The van der Waals surface area contributed by atoms with Crippen LogP contribution in [0.25, 0.3) is 5.69 Å². The van der Waals surface area contributed by atoms with E-state index in [9.17, 15) is 9.90 Å². The number of aliphatic hydroxyl groups is 1. The number of carbonyl (C=O) groups excluding carboxylic acids is 1. The summed E-state index contributed by atoms with van der Waals surface area (Å²) in [5, 5.41) is 25.3. The molecule has 10 heteroatoms. The van der Waals surface area contributed by atoms with E-state index in [-0.39, 0.29) is 23.7 Å². The zero-order valence-corrected chi connectivity index (χ0v) is 22.5. The molecule has 184 valence electrons. The van der Waals surface area contributed by atoms with Crippen LogP contribution in [-0.2, 0) is 10.2 Å². The Balaban J connectivity index is 1.67. The predicted octanol–water partition coefficient (Wildman–Crippen LogP) is 5.37. The van der Waals surface area contributed by atoms with Crippen LogP contribution in [0.3, 0.4) is 0 Å². The van der Waals surface area contributed by atoms with Crippen molar-refractivity contribution in [2.24, 2.45) is 5.41 Å². The molecule has 1 heterocycles. The maximum Gasteiger partial charge on any atom is 0.234 e. The van der Waals surface area contributed by atoms with Crippen molar-refractivity contribution in [2.75, 3.05) is 17.7 Å². The minimum absolute atomic E-state index is 0.0411. The molecule has 0 atom stereocenters. The molecule has 0 bridgehead atoms. The highest BCUT2D eigenvalue weighted by molar-refractivity contribution is 7.99. The van der Waals surface area contributed by atoms with Gasteiger partial charge in [0.15, 0.2) is 0 Å². The lowest BCUT2D eigenvalue weighted by Crippen LogP contribution is -2.15. The van der Waals surface area contributed by atoms with Crippen molar-refractivity contribution in [3.05, 3.63) is 57.6 Å². The van der Waals surface area contributed by atoms with Crippen LogP contribution in [0, 0.1) is 17.3 Å². The van der Waals surface area contributed by atoms with Crippen LogP contribution in [0.4, 0.5) is 5.69 Å². The largest absolute Gasteiger partial charge is 0.395 e. The smallest absolute Gasteiger partial charge is 0.234 e. The second kappa shape index (κ2) is 11.0. The number of rotatable bonds is 6. The second-order valence-corrected chi connectivity index (χ2v) is 11.4. The van der Waals surface area contributed by atoms with Crippen molar-refractivity contribution in [1.29, 1.82) is 0 Å². The summed E-state index contributed by atoms with van der Waals surface area (Å²) in [6, 6.07) is 10.9. The molecule has 0 spiro atoms. The normalized spacial score (nSPS) is 11.7. The predicted molar refractivity (Wildman–Crippen MR) is 141 cm³/mol. The van der Waals surface area contributed by atoms with Crippen LogP contribution in [0.15, 0.2) is 41.6 Å². The number of benzene rings is 2. The Morgan fingerprint density at radius 2 is 1.86 bits per heavy atom. The van der Waals surface area contributed by atoms with Crippen molar-refractivity contribution in [2.45, 2.75) is 45.2 Å². The Morgan fingerprint density at radius 3 is 2.49 bits per heavy atom. The molecule has 0 saturated heterocycles. The summed E-state index contributed by atoms with van der Waals surface area (Å²) < 4.78 is 1.51. The SMILES string of the molecule is CC(C)(C#Cc1ccc(NC(=O)CSc2nnnn2-c2ccc(C(C)(C)C)cc2Cl)c(Cl)c1)CO. The van der Waals surface area contributed by atoms with Gasteiger partial charge in [0.2, 0.25) is 11.1 Å². The first-order chi connectivity index (χ1) is 16.4. The highest BCUT2D eigenvalue weighted by Crippen LogP contribution is 2.30. The zero-order chi connectivity index (χ0) is 25.8. The Labute approximate surface area is 219 Å². The number of aliphatic hydroxyl groups excluding tert-OH is 1. The number of thioether (sulfide) groups is 1. The fourth-order valence-electron chi connectivity index (χ4n) is 2.86. The maximum atomic E-state index is 12.6. The number of carbonyl (C=O) groups is 1. The van der Waals surface area contributed by atoms with Gasteiger partial charge in [-0.25, -0.2) is 0 Å². The lowest BCUT2D eigenvalue weighted by Gasteiger charge is -2.20. The van der Waals surface area contributed by atoms with Crippen molar-refractivity contribution in [1.82, 2.24) is 20.2 Å². The number of nitrogens with one attached hydrogen (secondary N) is 1. The summed E-state index contributed by atoms with van der Waals surface area (Å²) in [5.41, 5.74) is 2.35. The van der Waals surface area contributed by atoms with Crippen molar-refractivity contribution in [3.63, 3.8) is 0 Å². The Bertz CT molecular complexity index is 1290. The first kappa shape index (κ1) is 27.0. The van der Waals surface area contributed by atoms with E-state index in [0.29, 0.717) is 32.1 Å². The van der Waals surface area contributed by atoms with Gasteiger partial charge >= 0.3 is 0 Å². The van der Waals surface area contributed by atoms with Crippen LogP contribution < -0.4 is 5.32 Å².